The molecule has 1 N–H and O–H groups in total. The summed E-state index contributed by atoms with van der Waals surface area (Å²) in [6.45, 7) is 7.49. The predicted octanol–water partition coefficient (Wildman–Crippen LogP) is 4.57. The molecule has 3 heteroatoms. The lowest BCUT2D eigenvalue weighted by Crippen LogP contribution is -2.52. The summed E-state index contributed by atoms with van der Waals surface area (Å²) in [6.07, 6.45) is 12.0. The quantitative estimate of drug-likeness (QED) is 0.826. The molecule has 0 aromatic carbocycles. The van der Waals surface area contributed by atoms with Gasteiger partial charge in [0.25, 0.3) is 0 Å². The van der Waals surface area contributed by atoms with Crippen molar-refractivity contribution in [3.05, 3.63) is 0 Å². The van der Waals surface area contributed by atoms with Crippen molar-refractivity contribution in [2.75, 3.05) is 26.4 Å². The van der Waals surface area contributed by atoms with Gasteiger partial charge in [0, 0.05) is 25.0 Å². The van der Waals surface area contributed by atoms with Gasteiger partial charge >= 0.3 is 0 Å². The largest absolute Gasteiger partial charge is 0.389 e. The second-order valence-electron chi connectivity index (χ2n) is 7.99. The highest BCUT2D eigenvalue weighted by atomic mass is 16.5. The lowest BCUT2D eigenvalue weighted by molar-refractivity contribution is -0.145. The lowest BCUT2D eigenvalue weighted by Gasteiger charge is -2.45. The van der Waals surface area contributed by atoms with E-state index in [1.54, 1.807) is 0 Å². The van der Waals surface area contributed by atoms with Gasteiger partial charge in [-0.05, 0) is 31.6 Å². The van der Waals surface area contributed by atoms with Crippen LogP contribution < -0.4 is 0 Å². The Balaban J connectivity index is 2.12. The molecule has 3 nitrogen and oxygen atoms in total. The minimum atomic E-state index is -0.658. The fraction of sp³-hybridized carbons (Fsp3) is 1.00. The van der Waals surface area contributed by atoms with Crippen LogP contribution >= 0.6 is 0 Å². The third-order valence-electron chi connectivity index (χ3n) is 6.05. The fourth-order valence-corrected chi connectivity index (χ4v) is 4.52. The van der Waals surface area contributed by atoms with Crippen LogP contribution in [-0.2, 0) is 9.47 Å². The molecule has 2 atom stereocenters. The van der Waals surface area contributed by atoms with Crippen molar-refractivity contribution in [1.82, 2.24) is 0 Å². The number of aliphatic hydroxyl groups is 1. The van der Waals surface area contributed by atoms with Crippen molar-refractivity contribution in [3.8, 4) is 0 Å². The van der Waals surface area contributed by atoms with E-state index < -0.39 is 5.60 Å². The Hall–Kier alpha value is -0.120. The van der Waals surface area contributed by atoms with Crippen LogP contribution in [0.25, 0.3) is 0 Å². The van der Waals surface area contributed by atoms with Crippen molar-refractivity contribution in [1.29, 1.82) is 0 Å². The van der Waals surface area contributed by atoms with Crippen LogP contribution in [0.4, 0.5) is 0 Å². The summed E-state index contributed by atoms with van der Waals surface area (Å²) >= 11 is 0. The molecule has 0 aromatic rings. The molecule has 0 aliphatic carbocycles. The van der Waals surface area contributed by atoms with Gasteiger partial charge in [0.15, 0.2) is 0 Å². The van der Waals surface area contributed by atoms with Gasteiger partial charge in [-0.1, -0.05) is 52.4 Å². The third-order valence-corrected chi connectivity index (χ3v) is 6.05. The molecule has 0 radical (unpaired) electrons. The first-order valence-corrected chi connectivity index (χ1v) is 10.0. The predicted molar refractivity (Wildman–Crippen MR) is 94.6 cm³/mol. The van der Waals surface area contributed by atoms with Crippen LogP contribution in [0.2, 0.25) is 0 Å². The summed E-state index contributed by atoms with van der Waals surface area (Å²) in [4.78, 5) is 0. The van der Waals surface area contributed by atoms with E-state index in [0.717, 1.165) is 26.1 Å². The molecule has 0 spiro atoms. The first-order valence-electron chi connectivity index (χ1n) is 10.0. The van der Waals surface area contributed by atoms with Crippen molar-refractivity contribution >= 4 is 0 Å². The van der Waals surface area contributed by atoms with Gasteiger partial charge in [0.2, 0.25) is 0 Å². The standard InChI is InChI=1S/C20H38O3/c1-17(2)20(21,18-11-7-3-5-9-13-22-15-18)19-12-8-4-6-10-14-23-16-19/h17-19,21H,3-16H2,1-2H3. The molecular formula is C20H38O3. The molecule has 2 aliphatic rings. The molecule has 23 heavy (non-hydrogen) atoms. The topological polar surface area (TPSA) is 38.7 Å². The van der Waals surface area contributed by atoms with Crippen molar-refractivity contribution in [3.63, 3.8) is 0 Å². The maximum Gasteiger partial charge on any atom is 0.0770 e. The van der Waals surface area contributed by atoms with Crippen LogP contribution in [0.1, 0.15) is 78.1 Å². The van der Waals surface area contributed by atoms with Gasteiger partial charge in [-0.25, -0.2) is 0 Å². The van der Waals surface area contributed by atoms with E-state index >= 15 is 0 Å². The molecule has 0 bridgehead atoms. The van der Waals surface area contributed by atoms with Gasteiger partial charge in [0.1, 0.15) is 0 Å². The summed E-state index contributed by atoms with van der Waals surface area (Å²) in [5, 5.41) is 11.8. The SMILES string of the molecule is CC(C)C(O)(C1CCCCCCOC1)C1CCCCCCOC1. The highest BCUT2D eigenvalue weighted by Crippen LogP contribution is 2.40. The first-order chi connectivity index (χ1) is 11.2. The second kappa shape index (κ2) is 10.0. The maximum absolute atomic E-state index is 11.8. The molecule has 0 saturated carbocycles. The molecule has 2 saturated heterocycles. The molecule has 0 aromatic heterocycles. The molecule has 0 amide bonds. The Morgan fingerprint density at radius 1 is 0.739 bits per heavy atom. The van der Waals surface area contributed by atoms with E-state index in [0.29, 0.717) is 13.2 Å². The van der Waals surface area contributed by atoms with E-state index in [1.807, 2.05) is 0 Å². The second-order valence-corrected chi connectivity index (χ2v) is 7.99. The number of rotatable bonds is 3. The molecular weight excluding hydrogens is 288 g/mol. The molecule has 2 unspecified atom stereocenters. The minimum absolute atomic E-state index is 0.242. The molecule has 2 aliphatic heterocycles. The van der Waals surface area contributed by atoms with Crippen molar-refractivity contribution in [2.45, 2.75) is 83.7 Å². The van der Waals surface area contributed by atoms with Crippen LogP contribution in [0.15, 0.2) is 0 Å². The summed E-state index contributed by atoms with van der Waals surface area (Å²) in [5.41, 5.74) is -0.658. The van der Waals surface area contributed by atoms with E-state index in [2.05, 4.69) is 13.8 Å². The summed E-state index contributed by atoms with van der Waals surface area (Å²) in [6, 6.07) is 0. The Kier molecular flexibility index (Phi) is 8.35. The highest BCUT2D eigenvalue weighted by molar-refractivity contribution is 4.95. The molecule has 136 valence electrons. The van der Waals surface area contributed by atoms with Crippen molar-refractivity contribution in [2.24, 2.45) is 17.8 Å². The minimum Gasteiger partial charge on any atom is -0.389 e. The number of ether oxygens (including phenoxy) is 2. The van der Waals surface area contributed by atoms with Crippen LogP contribution in [0, 0.1) is 17.8 Å². The average molecular weight is 327 g/mol. The monoisotopic (exact) mass is 326 g/mol. The number of hydrogen-bond acceptors (Lipinski definition) is 3. The van der Waals surface area contributed by atoms with Gasteiger partial charge < -0.3 is 14.6 Å². The zero-order valence-electron chi connectivity index (χ0n) is 15.4. The number of hydrogen-bond donors (Lipinski definition) is 1. The van der Waals surface area contributed by atoms with Gasteiger partial charge in [-0.3, -0.25) is 0 Å². The summed E-state index contributed by atoms with van der Waals surface area (Å²) in [7, 11) is 0. The van der Waals surface area contributed by atoms with E-state index in [1.165, 1.54) is 51.4 Å². The average Bonchev–Trinajstić information content (AvgIpc) is 2.76. The zero-order chi connectivity index (χ0) is 16.5. The van der Waals surface area contributed by atoms with Gasteiger partial charge in [0.05, 0.1) is 18.8 Å². The van der Waals surface area contributed by atoms with Crippen LogP contribution in [0.3, 0.4) is 0 Å². The smallest absolute Gasteiger partial charge is 0.0770 e. The van der Waals surface area contributed by atoms with Crippen molar-refractivity contribution < 1.29 is 14.6 Å². The molecule has 2 fully saturated rings. The summed E-state index contributed by atoms with van der Waals surface area (Å²) < 4.78 is 11.9. The Morgan fingerprint density at radius 3 is 1.61 bits per heavy atom. The lowest BCUT2D eigenvalue weighted by atomic mass is 9.67. The van der Waals surface area contributed by atoms with E-state index in [9.17, 15) is 5.11 Å². The fourth-order valence-electron chi connectivity index (χ4n) is 4.52. The Bertz CT molecular complexity index is 272. The Morgan fingerprint density at radius 2 is 1.17 bits per heavy atom. The maximum atomic E-state index is 11.8. The third kappa shape index (κ3) is 5.44. The normalized spacial score (nSPS) is 31.8. The molecule has 2 rings (SSSR count). The first kappa shape index (κ1) is 19.2. The van der Waals surface area contributed by atoms with E-state index in [-0.39, 0.29) is 17.8 Å². The van der Waals surface area contributed by atoms with Gasteiger partial charge in [-0.15, -0.1) is 0 Å². The Labute approximate surface area is 143 Å². The summed E-state index contributed by atoms with van der Waals surface area (Å²) in [5.74, 6) is 0.733. The van der Waals surface area contributed by atoms with Gasteiger partial charge in [-0.2, -0.15) is 0 Å². The zero-order valence-corrected chi connectivity index (χ0v) is 15.4. The van der Waals surface area contributed by atoms with E-state index in [4.69, 9.17) is 9.47 Å². The highest BCUT2D eigenvalue weighted by Gasteiger charge is 2.46. The molecule has 2 heterocycles. The van der Waals surface area contributed by atoms with Crippen LogP contribution in [0.5, 0.6) is 0 Å². The van der Waals surface area contributed by atoms with Crippen LogP contribution in [-0.4, -0.2) is 37.1 Å².